The fourth-order valence-corrected chi connectivity index (χ4v) is 3.82. The summed E-state index contributed by atoms with van der Waals surface area (Å²) in [7, 11) is 0. The van der Waals surface area contributed by atoms with Crippen molar-refractivity contribution in [2.75, 3.05) is 5.32 Å². The number of amides is 1. The van der Waals surface area contributed by atoms with Crippen molar-refractivity contribution in [1.29, 1.82) is 0 Å². The molecule has 0 radical (unpaired) electrons. The predicted molar refractivity (Wildman–Crippen MR) is 136 cm³/mol. The lowest BCUT2D eigenvalue weighted by Gasteiger charge is -2.11. The lowest BCUT2D eigenvalue weighted by molar-refractivity contribution is -0.384. The van der Waals surface area contributed by atoms with Crippen LogP contribution in [0.1, 0.15) is 16.2 Å². The molecule has 2 heterocycles. The van der Waals surface area contributed by atoms with Gasteiger partial charge in [0.05, 0.1) is 22.4 Å². The van der Waals surface area contributed by atoms with Gasteiger partial charge in [0.25, 0.3) is 11.6 Å². The highest BCUT2D eigenvalue weighted by Gasteiger charge is 2.35. The smallest absolute Gasteiger partial charge is 0.433 e. The van der Waals surface area contributed by atoms with E-state index in [9.17, 15) is 28.1 Å². The van der Waals surface area contributed by atoms with Crippen molar-refractivity contribution in [3.8, 4) is 22.8 Å². The lowest BCUT2D eigenvalue weighted by Crippen LogP contribution is -2.16. The van der Waals surface area contributed by atoms with E-state index in [-0.39, 0.29) is 34.2 Å². The Morgan fingerprint density at radius 1 is 0.974 bits per heavy atom. The number of nitrogens with one attached hydrogen (secondary N) is 1. The van der Waals surface area contributed by atoms with Gasteiger partial charge in [0.2, 0.25) is 0 Å². The van der Waals surface area contributed by atoms with Crippen LogP contribution in [0.3, 0.4) is 0 Å². The molecule has 9 nitrogen and oxygen atoms in total. The Kier molecular flexibility index (Phi) is 6.62. The SMILES string of the molecule is O=C(Nc1cc(Oc2ccc(Cl)cc2)cc([N+](=O)[O-])c1)c1cc2nc(-c3ccccc3)cc(C(F)(F)F)n2n1. The topological polar surface area (TPSA) is 112 Å². The van der Waals surface area contributed by atoms with Gasteiger partial charge < -0.3 is 10.1 Å². The molecular formula is C26H15ClF3N5O4. The molecule has 5 rings (SSSR count). The van der Waals surface area contributed by atoms with Crippen molar-refractivity contribution in [1.82, 2.24) is 14.6 Å². The van der Waals surface area contributed by atoms with Gasteiger partial charge in [-0.2, -0.15) is 18.3 Å². The zero-order valence-electron chi connectivity index (χ0n) is 19.5. The molecule has 2 aromatic heterocycles. The Hall–Kier alpha value is -4.97. The summed E-state index contributed by atoms with van der Waals surface area (Å²) in [6, 6.07) is 20.0. The van der Waals surface area contributed by atoms with Crippen LogP contribution in [0.15, 0.2) is 84.9 Å². The minimum atomic E-state index is -4.79. The summed E-state index contributed by atoms with van der Waals surface area (Å²) < 4.78 is 47.8. The van der Waals surface area contributed by atoms with E-state index in [4.69, 9.17) is 16.3 Å². The maximum Gasteiger partial charge on any atom is 0.433 e. The fourth-order valence-electron chi connectivity index (χ4n) is 3.70. The highest BCUT2D eigenvalue weighted by molar-refractivity contribution is 6.30. The van der Waals surface area contributed by atoms with Crippen LogP contribution in [0.25, 0.3) is 16.9 Å². The number of fused-ring (bicyclic) bond motifs is 1. The van der Waals surface area contributed by atoms with Crippen LogP contribution >= 0.6 is 11.6 Å². The third-order valence-electron chi connectivity index (χ3n) is 5.43. The average Bonchev–Trinajstić information content (AvgIpc) is 3.34. The van der Waals surface area contributed by atoms with E-state index >= 15 is 0 Å². The molecule has 0 spiro atoms. The van der Waals surface area contributed by atoms with Crippen molar-refractivity contribution in [2.24, 2.45) is 0 Å². The molecule has 13 heteroatoms. The summed E-state index contributed by atoms with van der Waals surface area (Å²) >= 11 is 5.86. The fraction of sp³-hybridized carbons (Fsp3) is 0.0385. The van der Waals surface area contributed by atoms with Crippen molar-refractivity contribution >= 4 is 34.5 Å². The van der Waals surface area contributed by atoms with Crippen molar-refractivity contribution in [3.63, 3.8) is 0 Å². The second-order valence-corrected chi connectivity index (χ2v) is 8.61. The zero-order chi connectivity index (χ0) is 27.7. The van der Waals surface area contributed by atoms with E-state index in [0.29, 0.717) is 20.9 Å². The van der Waals surface area contributed by atoms with E-state index in [2.05, 4.69) is 15.4 Å². The van der Waals surface area contributed by atoms with Gasteiger partial charge in [0, 0.05) is 28.8 Å². The Morgan fingerprint density at radius 3 is 2.36 bits per heavy atom. The van der Waals surface area contributed by atoms with Gasteiger partial charge >= 0.3 is 6.18 Å². The van der Waals surface area contributed by atoms with Crippen LogP contribution < -0.4 is 10.1 Å². The van der Waals surface area contributed by atoms with Crippen LogP contribution in [0, 0.1) is 10.1 Å². The maximum absolute atomic E-state index is 13.9. The summed E-state index contributed by atoms with van der Waals surface area (Å²) in [5.41, 5.74) is -1.65. The van der Waals surface area contributed by atoms with E-state index < -0.39 is 22.7 Å². The first-order valence-electron chi connectivity index (χ1n) is 11.1. The van der Waals surface area contributed by atoms with Gasteiger partial charge in [-0.05, 0) is 30.3 Å². The number of aromatic nitrogens is 3. The Balaban J connectivity index is 1.49. The molecule has 0 aliphatic carbocycles. The average molecular weight is 554 g/mol. The highest BCUT2D eigenvalue weighted by atomic mass is 35.5. The van der Waals surface area contributed by atoms with Crippen LogP contribution in [0.5, 0.6) is 11.5 Å². The number of hydrogen-bond acceptors (Lipinski definition) is 6. The van der Waals surface area contributed by atoms with Crippen molar-refractivity contribution < 1.29 is 27.6 Å². The molecule has 3 aromatic carbocycles. The van der Waals surface area contributed by atoms with Crippen LogP contribution in [-0.4, -0.2) is 25.4 Å². The van der Waals surface area contributed by atoms with E-state index in [1.54, 1.807) is 54.6 Å². The number of hydrogen-bond donors (Lipinski definition) is 1. The first-order chi connectivity index (χ1) is 18.6. The number of carbonyl (C=O) groups excluding carboxylic acids is 1. The minimum absolute atomic E-state index is 0.0327. The minimum Gasteiger partial charge on any atom is -0.457 e. The third kappa shape index (κ3) is 5.65. The molecule has 0 aliphatic rings. The molecule has 0 unspecified atom stereocenters. The maximum atomic E-state index is 13.9. The third-order valence-corrected chi connectivity index (χ3v) is 5.68. The number of anilines is 1. The number of nitrogens with zero attached hydrogens (tertiary/aromatic N) is 4. The second-order valence-electron chi connectivity index (χ2n) is 8.17. The predicted octanol–water partition coefficient (Wildman–Crippen LogP) is 7.02. The number of nitro benzene ring substituents is 1. The molecule has 0 saturated carbocycles. The summed E-state index contributed by atoms with van der Waals surface area (Å²) in [5, 5.41) is 18.1. The van der Waals surface area contributed by atoms with Gasteiger partial charge in [0.15, 0.2) is 17.0 Å². The Labute approximate surface area is 222 Å². The monoisotopic (exact) mass is 553 g/mol. The zero-order valence-corrected chi connectivity index (χ0v) is 20.3. The number of non-ortho nitro benzene ring substituents is 1. The first-order valence-corrected chi connectivity index (χ1v) is 11.5. The summed E-state index contributed by atoms with van der Waals surface area (Å²) in [6.45, 7) is 0. The quantitative estimate of drug-likeness (QED) is 0.179. The van der Waals surface area contributed by atoms with Gasteiger partial charge in [-0.1, -0.05) is 41.9 Å². The number of ether oxygens (including phenoxy) is 1. The normalized spacial score (nSPS) is 11.4. The van der Waals surface area contributed by atoms with E-state index in [1.165, 1.54) is 6.07 Å². The Morgan fingerprint density at radius 2 is 1.69 bits per heavy atom. The summed E-state index contributed by atoms with van der Waals surface area (Å²) in [5.74, 6) is -0.546. The lowest BCUT2D eigenvalue weighted by atomic mass is 10.1. The van der Waals surface area contributed by atoms with E-state index in [1.807, 2.05) is 0 Å². The molecule has 1 amide bonds. The molecule has 0 atom stereocenters. The molecule has 0 aliphatic heterocycles. The largest absolute Gasteiger partial charge is 0.457 e. The van der Waals surface area contributed by atoms with Gasteiger partial charge in [-0.15, -0.1) is 0 Å². The molecular weight excluding hydrogens is 539 g/mol. The van der Waals surface area contributed by atoms with Gasteiger partial charge in [-0.3, -0.25) is 14.9 Å². The highest BCUT2D eigenvalue weighted by Crippen LogP contribution is 2.33. The molecule has 1 N–H and O–H groups in total. The number of benzene rings is 3. The number of alkyl halides is 3. The standard InChI is InChI=1S/C26H15ClF3N5O4/c27-16-6-8-19(9-7-16)39-20-11-17(10-18(12-20)35(37)38)31-25(36)22-14-24-32-21(15-4-2-1-3-5-15)13-23(26(28,29)30)34(24)33-22/h1-14H,(H,31,36). The van der Waals surface area contributed by atoms with Crippen LogP contribution in [-0.2, 0) is 6.18 Å². The Bertz CT molecular complexity index is 1710. The summed E-state index contributed by atoms with van der Waals surface area (Å²) in [4.78, 5) is 28.0. The molecule has 0 fully saturated rings. The molecule has 39 heavy (non-hydrogen) atoms. The van der Waals surface area contributed by atoms with Crippen molar-refractivity contribution in [2.45, 2.75) is 6.18 Å². The van der Waals surface area contributed by atoms with Gasteiger partial charge in [0.1, 0.15) is 11.5 Å². The molecule has 196 valence electrons. The molecule has 0 saturated heterocycles. The van der Waals surface area contributed by atoms with Crippen molar-refractivity contribution in [3.05, 3.63) is 111 Å². The summed E-state index contributed by atoms with van der Waals surface area (Å²) in [6.07, 6.45) is -4.79. The molecule has 5 aromatic rings. The van der Waals surface area contributed by atoms with Crippen LogP contribution in [0.4, 0.5) is 24.5 Å². The second kappa shape index (κ2) is 10.1. The number of rotatable bonds is 6. The number of halogens is 4. The first kappa shape index (κ1) is 25.7. The van der Waals surface area contributed by atoms with E-state index in [0.717, 1.165) is 24.3 Å². The van der Waals surface area contributed by atoms with Crippen LogP contribution in [0.2, 0.25) is 5.02 Å². The number of carbonyl (C=O) groups is 1. The number of nitro groups is 1. The molecule has 0 bridgehead atoms. The van der Waals surface area contributed by atoms with Gasteiger partial charge in [-0.25, -0.2) is 9.50 Å².